The zero-order valence-corrected chi connectivity index (χ0v) is 11.2. The van der Waals surface area contributed by atoms with E-state index in [-0.39, 0.29) is 5.60 Å². The second kappa shape index (κ2) is 3.04. The maximum atomic E-state index is 10.7. The highest BCUT2D eigenvalue weighted by Crippen LogP contribution is 2.71. The first-order valence-electron chi connectivity index (χ1n) is 7.08. The second-order valence-corrected chi connectivity index (χ2v) is 7.59. The fourth-order valence-corrected chi connectivity index (χ4v) is 5.29. The van der Waals surface area contributed by atoms with Crippen molar-refractivity contribution < 1.29 is 5.11 Å². The van der Waals surface area contributed by atoms with Crippen LogP contribution in [-0.4, -0.2) is 10.7 Å². The minimum absolute atomic E-state index is 0.376. The number of hydrogen-bond donors (Lipinski definition) is 1. The monoisotopic (exact) mass is 222 g/mol. The molecule has 1 nitrogen and oxygen atoms in total. The van der Waals surface area contributed by atoms with Crippen LogP contribution in [0.25, 0.3) is 0 Å². The third-order valence-electron chi connectivity index (χ3n) is 6.37. The molecule has 16 heavy (non-hydrogen) atoms. The highest BCUT2D eigenvalue weighted by Gasteiger charge is 2.66. The van der Waals surface area contributed by atoms with Gasteiger partial charge in [-0.1, -0.05) is 27.2 Å². The lowest BCUT2D eigenvalue weighted by Gasteiger charge is -2.35. The molecule has 0 aromatic rings. The summed E-state index contributed by atoms with van der Waals surface area (Å²) in [6, 6.07) is 0. The Kier molecular flexibility index (Phi) is 2.11. The SMILES string of the molecule is C[C@@H]1CCC2C1[C@H]1[C@@H](CC[C@]2(C)O)C1(C)C. The maximum absolute atomic E-state index is 10.7. The third-order valence-corrected chi connectivity index (χ3v) is 6.37. The molecule has 0 radical (unpaired) electrons. The van der Waals surface area contributed by atoms with Crippen LogP contribution in [0.3, 0.4) is 0 Å². The smallest absolute Gasteiger partial charge is 0.0650 e. The van der Waals surface area contributed by atoms with Crippen molar-refractivity contribution in [3.63, 3.8) is 0 Å². The molecule has 0 bridgehead atoms. The highest BCUT2D eigenvalue weighted by molar-refractivity contribution is 5.14. The standard InChI is InChI=1S/C15H26O/c1-9-5-6-10-12(9)13-11(14(13,2)3)7-8-15(10,4)16/h9-13,16H,5-8H2,1-4H3/t9-,10?,11-,12?,13-,15+/m1/s1. The van der Waals surface area contributed by atoms with E-state index < -0.39 is 0 Å². The zero-order valence-electron chi connectivity index (χ0n) is 11.2. The van der Waals surface area contributed by atoms with E-state index >= 15 is 0 Å². The van der Waals surface area contributed by atoms with Crippen molar-refractivity contribution in [3.05, 3.63) is 0 Å². The Labute approximate surface area is 99.6 Å². The quantitative estimate of drug-likeness (QED) is 0.665. The molecule has 0 amide bonds. The average molecular weight is 222 g/mol. The summed E-state index contributed by atoms with van der Waals surface area (Å²) in [5.74, 6) is 4.03. The Balaban J connectivity index is 1.94. The maximum Gasteiger partial charge on any atom is 0.0650 e. The first kappa shape index (κ1) is 11.1. The van der Waals surface area contributed by atoms with Gasteiger partial charge in [-0.05, 0) is 61.2 Å². The predicted octanol–water partition coefficient (Wildman–Crippen LogP) is 3.47. The van der Waals surface area contributed by atoms with Crippen LogP contribution >= 0.6 is 0 Å². The van der Waals surface area contributed by atoms with Gasteiger partial charge in [0.25, 0.3) is 0 Å². The van der Waals surface area contributed by atoms with Gasteiger partial charge in [-0.3, -0.25) is 0 Å². The summed E-state index contributed by atoms with van der Waals surface area (Å²) in [6.07, 6.45) is 4.89. The number of rotatable bonds is 0. The molecule has 2 unspecified atom stereocenters. The van der Waals surface area contributed by atoms with Gasteiger partial charge in [0.2, 0.25) is 0 Å². The predicted molar refractivity (Wildman–Crippen MR) is 66.0 cm³/mol. The summed E-state index contributed by atoms with van der Waals surface area (Å²) >= 11 is 0. The van der Waals surface area contributed by atoms with Gasteiger partial charge in [0.1, 0.15) is 0 Å². The van der Waals surface area contributed by atoms with Gasteiger partial charge in [0.15, 0.2) is 0 Å². The molecule has 0 aromatic carbocycles. The molecular weight excluding hydrogens is 196 g/mol. The summed E-state index contributed by atoms with van der Waals surface area (Å²) in [6.45, 7) is 9.41. The molecule has 0 aromatic heterocycles. The fraction of sp³-hybridized carbons (Fsp3) is 1.00. The highest BCUT2D eigenvalue weighted by atomic mass is 16.3. The van der Waals surface area contributed by atoms with Crippen molar-refractivity contribution in [1.82, 2.24) is 0 Å². The lowest BCUT2D eigenvalue weighted by atomic mass is 9.74. The van der Waals surface area contributed by atoms with Crippen LogP contribution < -0.4 is 0 Å². The van der Waals surface area contributed by atoms with Crippen molar-refractivity contribution >= 4 is 0 Å². The topological polar surface area (TPSA) is 20.2 Å². The van der Waals surface area contributed by atoms with Gasteiger partial charge >= 0.3 is 0 Å². The number of hydrogen-bond acceptors (Lipinski definition) is 1. The number of aliphatic hydroxyl groups is 1. The lowest BCUT2D eigenvalue weighted by Crippen LogP contribution is -2.38. The Morgan fingerprint density at radius 1 is 1.00 bits per heavy atom. The van der Waals surface area contributed by atoms with Crippen LogP contribution in [0.4, 0.5) is 0 Å². The molecule has 6 atom stereocenters. The van der Waals surface area contributed by atoms with E-state index in [0.717, 1.165) is 30.1 Å². The molecule has 3 fully saturated rings. The van der Waals surface area contributed by atoms with Gasteiger partial charge in [0.05, 0.1) is 5.60 Å². The van der Waals surface area contributed by atoms with Crippen molar-refractivity contribution in [2.75, 3.05) is 0 Å². The minimum Gasteiger partial charge on any atom is -0.390 e. The first-order valence-corrected chi connectivity index (χ1v) is 7.08. The van der Waals surface area contributed by atoms with Crippen molar-refractivity contribution in [2.24, 2.45) is 35.0 Å². The van der Waals surface area contributed by atoms with E-state index in [1.165, 1.54) is 19.3 Å². The summed E-state index contributed by atoms with van der Waals surface area (Å²) in [7, 11) is 0. The Bertz CT molecular complexity index is 305. The molecule has 3 aliphatic carbocycles. The summed E-state index contributed by atoms with van der Waals surface area (Å²) in [5, 5.41) is 10.7. The zero-order chi connectivity index (χ0) is 11.7. The number of fused-ring (bicyclic) bond motifs is 3. The average Bonchev–Trinajstić information content (AvgIpc) is 2.51. The minimum atomic E-state index is -0.376. The molecule has 92 valence electrons. The summed E-state index contributed by atoms with van der Waals surface area (Å²) < 4.78 is 0. The van der Waals surface area contributed by atoms with E-state index in [4.69, 9.17) is 0 Å². The third kappa shape index (κ3) is 1.27. The summed E-state index contributed by atoms with van der Waals surface area (Å²) in [5.41, 5.74) is 0.191. The van der Waals surface area contributed by atoms with Gasteiger partial charge in [-0.15, -0.1) is 0 Å². The van der Waals surface area contributed by atoms with E-state index in [9.17, 15) is 5.11 Å². The van der Waals surface area contributed by atoms with Crippen LogP contribution in [0.5, 0.6) is 0 Å². The Morgan fingerprint density at radius 2 is 1.69 bits per heavy atom. The fourth-order valence-electron chi connectivity index (χ4n) is 5.29. The molecule has 0 heterocycles. The van der Waals surface area contributed by atoms with E-state index in [2.05, 4.69) is 27.7 Å². The van der Waals surface area contributed by atoms with E-state index in [0.29, 0.717) is 11.3 Å². The molecule has 0 aliphatic heterocycles. The van der Waals surface area contributed by atoms with Crippen LogP contribution in [0.15, 0.2) is 0 Å². The van der Waals surface area contributed by atoms with Crippen LogP contribution in [0, 0.1) is 35.0 Å². The summed E-state index contributed by atoms with van der Waals surface area (Å²) in [4.78, 5) is 0. The Hall–Kier alpha value is -0.0400. The molecule has 3 aliphatic rings. The van der Waals surface area contributed by atoms with Gasteiger partial charge in [0, 0.05) is 0 Å². The van der Waals surface area contributed by atoms with Crippen LogP contribution in [0.1, 0.15) is 53.4 Å². The second-order valence-electron chi connectivity index (χ2n) is 7.59. The molecule has 3 saturated carbocycles. The van der Waals surface area contributed by atoms with Gasteiger partial charge < -0.3 is 5.11 Å². The van der Waals surface area contributed by atoms with Gasteiger partial charge in [-0.2, -0.15) is 0 Å². The molecule has 1 N–H and O–H groups in total. The largest absolute Gasteiger partial charge is 0.390 e. The van der Waals surface area contributed by atoms with E-state index in [1.807, 2.05) is 0 Å². The van der Waals surface area contributed by atoms with Crippen molar-refractivity contribution in [1.29, 1.82) is 0 Å². The molecule has 0 spiro atoms. The molecule has 0 saturated heterocycles. The normalized spacial score (nSPS) is 58.7. The first-order chi connectivity index (χ1) is 7.36. The van der Waals surface area contributed by atoms with Crippen molar-refractivity contribution in [2.45, 2.75) is 59.0 Å². The van der Waals surface area contributed by atoms with Crippen LogP contribution in [-0.2, 0) is 0 Å². The molecular formula is C15H26O. The molecule has 1 heteroatoms. The Morgan fingerprint density at radius 3 is 2.38 bits per heavy atom. The van der Waals surface area contributed by atoms with Crippen LogP contribution in [0.2, 0.25) is 0 Å². The van der Waals surface area contributed by atoms with Crippen molar-refractivity contribution in [3.8, 4) is 0 Å². The molecule has 3 rings (SSSR count). The lowest BCUT2D eigenvalue weighted by molar-refractivity contribution is -0.0302. The van der Waals surface area contributed by atoms with Gasteiger partial charge in [-0.25, -0.2) is 0 Å². The van der Waals surface area contributed by atoms with E-state index in [1.54, 1.807) is 0 Å².